The number of thiocarbonyl (C=S) groups is 1. The van der Waals surface area contributed by atoms with Gasteiger partial charge >= 0.3 is 87.1 Å². The van der Waals surface area contributed by atoms with Crippen molar-refractivity contribution in [1.82, 2.24) is 78.2 Å². The van der Waals surface area contributed by atoms with Crippen molar-refractivity contribution < 1.29 is 159 Å². The van der Waals surface area contributed by atoms with Crippen LogP contribution in [-0.2, 0) is 132 Å². The van der Waals surface area contributed by atoms with E-state index in [2.05, 4.69) is 112 Å². The standard InChI is InChI=1S/C22H17F2N3O3S.C15H13N3O3S.C11H11N3O3S2.C11H11N3OS2.C6H8N2O2S2.C6H10O3.C5H8N2O3S2.C4H8N2O3.K/c1-12-18(28)15(9-14-7-8-16(23)17(24)10-14)21(30)27-22(12)31-20(26-27)19(29)25-11-13-5-3-2-4-6-13;1-9-11(19)7-12(20)18-15(9)22-14(17-18)13(21)16-8-10-5-3-2-4-6-10;1-19(16,17)11-14-13-10(18-11)9(15)12-7-8-5-3-2-4-6-8;1-16-11-14-13-10(17-11)9(15)12-7-8-5-3-2-4-6-8;1-3-10-5(9)4-7-8-6(11-2)12-4;1-3-5(7)4-6(8)9-2;1-2-10-4(9)3(8)6-7-5(11)12;1-2-9-4(8)3(7)6-5;/h2-8,10,15H,9,11H2,1H3,(H,25,29);2-6H,7-8H2,1H3,(H,16,21);2-6H,7H2,1H3,(H,12,15);2-6H,7H2,1H3,(H,12,15);3H2,1-2H3;3-4H2,1-2H3;2H2,1H3,(H,6,8)(H2,7,11,12);2,5H2,1H3,(H,6,7);/q;;;;;;;;+1/p-1. The average molecular weight is 2030 g/mol. The number of halogens is 2. The van der Waals surface area contributed by atoms with Gasteiger partial charge < -0.3 is 70.5 Å². The SMILES string of the molecule is CC1=C2SC(C(=O)NCc3ccccc3)=NN2C(=O)C(Cc2ccc(F)c(F)c2)C1=O.CC1=C2SC(C(=O)NCc3ccccc3)=NN2C(=O)CC1=O.CCC(=O)CC(=O)OC.CCOC(=O)C(=O)NN.CCOC(=O)C(=O)NNC(=S)[S-].CCOC(=O)c1nnc(SC)s1.CS(=O)(=O)c1nnc(C(=O)NCc2ccccc2)s1.CSc1nnc(C(=O)NCc2ccccc2)s1.[K+]. The molecule has 4 aliphatic rings. The first-order valence-corrected chi connectivity index (χ1v) is 47.3. The van der Waals surface area contributed by atoms with Crippen LogP contribution in [0.25, 0.3) is 0 Å². The molecule has 0 bridgehead atoms. The van der Waals surface area contributed by atoms with Crippen LogP contribution in [0.5, 0.6) is 0 Å². The number of nitrogens with two attached hydrogens (primary N) is 1. The number of amides is 8. The average Bonchev–Trinajstić information content (AvgIpc) is 1.62. The van der Waals surface area contributed by atoms with Crippen LogP contribution in [0.1, 0.15) is 118 Å². The fraction of sp³-hybridized carbons (Fsp3) is 0.275. The number of hydrogen-bond donors (Lipinski definition) is 8. The number of methoxy groups -OCH3 is 1. The Hall–Kier alpha value is -10.8. The van der Waals surface area contributed by atoms with E-state index in [4.69, 9.17) is 4.74 Å². The molecule has 12 rings (SSSR count). The number of hydrazone groups is 2. The van der Waals surface area contributed by atoms with Gasteiger partial charge in [0, 0.05) is 50.0 Å². The monoisotopic (exact) mass is 2030 g/mol. The van der Waals surface area contributed by atoms with Gasteiger partial charge in [0.2, 0.25) is 29.2 Å². The summed E-state index contributed by atoms with van der Waals surface area (Å²) in [5.41, 5.74) is 10.7. The number of rotatable bonds is 24. The molecule has 0 spiro atoms. The maximum absolute atomic E-state index is 13.5. The Morgan fingerprint density at radius 3 is 1.39 bits per heavy atom. The first kappa shape index (κ1) is 113. The number of allylic oxidation sites excluding steroid dienone is 2. The molecule has 3 aromatic heterocycles. The number of hydrazine groups is 2. The predicted molar refractivity (Wildman–Crippen MR) is 490 cm³/mol. The van der Waals surface area contributed by atoms with Crippen molar-refractivity contribution in [3.63, 3.8) is 0 Å². The zero-order valence-corrected chi connectivity index (χ0v) is 83.4. The first-order valence-electron chi connectivity index (χ1n) is 38.0. The summed E-state index contributed by atoms with van der Waals surface area (Å²) in [7, 11) is -2.15. The summed E-state index contributed by atoms with van der Waals surface area (Å²) < 4.78 is 68.2. The van der Waals surface area contributed by atoms with Gasteiger partial charge in [-0.1, -0.05) is 192 Å². The van der Waals surface area contributed by atoms with Crippen molar-refractivity contribution in [2.45, 2.75) is 106 Å². The molecule has 9 N–H and O–H groups in total. The molecular weight excluding hydrogens is 1950 g/mol. The Morgan fingerprint density at radius 2 is 0.977 bits per heavy atom. The summed E-state index contributed by atoms with van der Waals surface area (Å²) in [5.74, 6) is -6.36. The fourth-order valence-electron chi connectivity index (χ4n) is 9.52. The molecule has 696 valence electrons. The molecule has 1 atom stereocenters. The quantitative estimate of drug-likeness (QED) is 0.00360. The number of thioether (sulfide) groups is 4. The zero-order chi connectivity index (χ0) is 96.9. The molecule has 8 amide bonds. The maximum Gasteiger partial charge on any atom is 1.00 e. The molecule has 52 heteroatoms. The van der Waals surface area contributed by atoms with Gasteiger partial charge in [-0.15, -0.1) is 30.6 Å². The number of ketones is 3. The summed E-state index contributed by atoms with van der Waals surface area (Å²) in [4.78, 5) is 171. The second-order valence-electron chi connectivity index (χ2n) is 25.3. The molecule has 0 radical (unpaired) electrons. The molecule has 39 nitrogen and oxygen atoms in total. The van der Waals surface area contributed by atoms with E-state index in [-0.39, 0.29) is 131 Å². The summed E-state index contributed by atoms with van der Waals surface area (Å²) in [5, 5.41) is 45.3. The third kappa shape index (κ3) is 38.8. The molecule has 5 aromatic carbocycles. The van der Waals surface area contributed by atoms with E-state index in [9.17, 15) is 89.1 Å². The number of ether oxygens (including phenoxy) is 4. The number of nitrogens with zero attached hydrogens (tertiary/aromatic N) is 10. The number of aromatic nitrogens is 6. The first-order chi connectivity index (χ1) is 62.4. The van der Waals surface area contributed by atoms with E-state index in [0.29, 0.717) is 76.0 Å². The minimum absolute atomic E-state index is 0. The van der Waals surface area contributed by atoms with Gasteiger partial charge in [0.25, 0.3) is 35.4 Å². The Balaban J connectivity index is 0.000000327. The number of esters is 4. The zero-order valence-electron chi connectivity index (χ0n) is 72.1. The van der Waals surface area contributed by atoms with Crippen molar-refractivity contribution in [1.29, 1.82) is 0 Å². The van der Waals surface area contributed by atoms with E-state index in [1.54, 1.807) is 47.0 Å². The number of nitrogens with one attached hydrogen (secondary N) is 7. The normalized spacial score (nSPS) is 12.9. The van der Waals surface area contributed by atoms with Crippen molar-refractivity contribution in [2.75, 3.05) is 45.7 Å². The predicted octanol–water partition coefficient (Wildman–Crippen LogP) is 4.11. The second-order valence-corrected chi connectivity index (χ2v) is 35.6. The number of sulfone groups is 1. The molecular formula is C80H85F2KN18O21S10. The third-order valence-electron chi connectivity index (χ3n) is 16.0. The van der Waals surface area contributed by atoms with E-state index < -0.39 is 92.5 Å². The third-order valence-corrected chi connectivity index (χ3v) is 24.8. The van der Waals surface area contributed by atoms with Crippen molar-refractivity contribution in [3.8, 4) is 0 Å². The van der Waals surface area contributed by atoms with E-state index >= 15 is 0 Å². The smallest absolute Gasteiger partial charge is 0.469 e. The molecule has 4 aliphatic heterocycles. The van der Waals surface area contributed by atoms with Crippen LogP contribution in [0.15, 0.2) is 184 Å². The van der Waals surface area contributed by atoms with Gasteiger partial charge in [-0.3, -0.25) is 68.4 Å². The number of fused-ring (bicyclic) bond motifs is 2. The number of carbonyl (C=O) groups excluding carboxylic acids is 15. The molecule has 132 heavy (non-hydrogen) atoms. The van der Waals surface area contributed by atoms with Crippen LogP contribution in [0.4, 0.5) is 8.78 Å². The minimum Gasteiger partial charge on any atom is -0.469 e. The minimum atomic E-state index is -3.42. The van der Waals surface area contributed by atoms with Crippen LogP contribution in [0.2, 0.25) is 0 Å². The molecule has 7 heterocycles. The van der Waals surface area contributed by atoms with Crippen LogP contribution in [0.3, 0.4) is 0 Å². The van der Waals surface area contributed by atoms with Gasteiger partial charge in [0.1, 0.15) is 28.2 Å². The molecule has 0 fully saturated rings. The van der Waals surface area contributed by atoms with Crippen LogP contribution < -0.4 is 94.8 Å². The fourth-order valence-corrected chi connectivity index (χ4v) is 15.4. The van der Waals surface area contributed by atoms with E-state index in [0.717, 1.165) is 94.2 Å². The van der Waals surface area contributed by atoms with E-state index in [1.807, 2.05) is 139 Å². The molecule has 0 aliphatic carbocycles. The number of hydrogen-bond acceptors (Lipinski definition) is 39. The van der Waals surface area contributed by atoms with Crippen molar-refractivity contribution in [3.05, 3.63) is 215 Å². The van der Waals surface area contributed by atoms with Crippen molar-refractivity contribution >= 4 is 219 Å². The van der Waals surface area contributed by atoms with Gasteiger partial charge in [-0.25, -0.2) is 37.4 Å². The Labute approximate surface area is 837 Å². The van der Waals surface area contributed by atoms with Gasteiger partial charge in [0.05, 0.1) is 33.4 Å². The summed E-state index contributed by atoms with van der Waals surface area (Å²) >= 11 is 17.1. The second kappa shape index (κ2) is 59.6. The Morgan fingerprint density at radius 1 is 0.553 bits per heavy atom. The Bertz CT molecular complexity index is 5660. The molecule has 8 aromatic rings. The van der Waals surface area contributed by atoms with Gasteiger partial charge in [0.15, 0.2) is 42.0 Å². The summed E-state index contributed by atoms with van der Waals surface area (Å²) in [6.45, 7) is 12.1. The summed E-state index contributed by atoms with van der Waals surface area (Å²) in [6, 6.07) is 41.2. The van der Waals surface area contributed by atoms with Crippen LogP contribution in [-0.4, -0.2) is 198 Å². The summed E-state index contributed by atoms with van der Waals surface area (Å²) in [6.07, 6.45) is 4.84. The number of Topliss-reactive ketones (excluding diaryl/α,β-unsaturated/α-hetero) is 3. The van der Waals surface area contributed by atoms with Crippen LogP contribution >= 0.6 is 93.3 Å². The molecule has 0 saturated carbocycles. The Kier molecular flexibility index (Phi) is 51.3. The topological polar surface area (TPSA) is 546 Å². The molecule has 0 saturated heterocycles. The van der Waals surface area contributed by atoms with Gasteiger partial charge in [-0.05, 0) is 121 Å². The van der Waals surface area contributed by atoms with E-state index in [1.165, 1.54) is 59.4 Å². The van der Waals surface area contributed by atoms with Crippen LogP contribution in [0, 0.1) is 17.6 Å². The largest absolute Gasteiger partial charge is 1.00 e. The number of benzene rings is 5. The molecule has 1 unspecified atom stereocenters. The van der Waals surface area contributed by atoms with Crippen molar-refractivity contribution in [2.24, 2.45) is 22.0 Å². The maximum atomic E-state index is 13.5. The van der Waals surface area contributed by atoms with Gasteiger partial charge in [-0.2, -0.15) is 20.2 Å². The number of carbonyl (C=O) groups is 15.